The number of nitrogens with zero attached hydrogens (tertiary/aromatic N) is 1. The van der Waals surface area contributed by atoms with Gasteiger partial charge in [0.05, 0.1) is 18.3 Å². The molecule has 4 rings (SSSR count). The van der Waals surface area contributed by atoms with Crippen molar-refractivity contribution in [2.75, 3.05) is 27.9 Å². The van der Waals surface area contributed by atoms with Crippen molar-refractivity contribution in [1.82, 2.24) is 4.90 Å². The van der Waals surface area contributed by atoms with Crippen molar-refractivity contribution in [2.24, 2.45) is 35.5 Å². The number of carbonyl (C=O) groups excluding carboxylic acids is 6. The van der Waals surface area contributed by atoms with Crippen LogP contribution in [0.1, 0.15) is 126 Å². The number of piperidine rings is 1. The van der Waals surface area contributed by atoms with Crippen molar-refractivity contribution in [3.63, 3.8) is 0 Å². The van der Waals surface area contributed by atoms with Crippen molar-refractivity contribution in [1.29, 1.82) is 0 Å². The number of ether oxygens (including phenoxy) is 6. The summed E-state index contributed by atoms with van der Waals surface area (Å²) in [7, 11) is 4.51. The van der Waals surface area contributed by atoms with Crippen molar-refractivity contribution in [3.8, 4) is 0 Å². The van der Waals surface area contributed by atoms with Gasteiger partial charge in [0, 0.05) is 58.5 Å². The number of esters is 1. The van der Waals surface area contributed by atoms with Crippen LogP contribution in [-0.2, 0) is 57.2 Å². The van der Waals surface area contributed by atoms with Crippen molar-refractivity contribution < 1.29 is 67.4 Å². The molecule has 0 aromatic carbocycles. The number of cyclic esters (lactones) is 1. The van der Waals surface area contributed by atoms with Crippen LogP contribution in [0.4, 0.5) is 0 Å². The molecule has 0 aromatic heterocycles. The topological polar surface area (TPSA) is 201 Å². The van der Waals surface area contributed by atoms with E-state index in [1.807, 2.05) is 58.1 Å². The second-order valence-corrected chi connectivity index (χ2v) is 19.8. The molecule has 1 saturated carbocycles. The van der Waals surface area contributed by atoms with Crippen LogP contribution in [0.5, 0.6) is 0 Å². The fourth-order valence-electron chi connectivity index (χ4n) is 10.3. The van der Waals surface area contributed by atoms with E-state index < -0.39 is 77.8 Å². The van der Waals surface area contributed by atoms with Crippen LogP contribution < -0.4 is 0 Å². The lowest BCUT2D eigenvalue weighted by atomic mass is 9.78. The van der Waals surface area contributed by atoms with Gasteiger partial charge in [-0.05, 0) is 107 Å². The van der Waals surface area contributed by atoms with Gasteiger partial charge in [0.15, 0.2) is 5.78 Å². The summed E-state index contributed by atoms with van der Waals surface area (Å²) in [5.74, 6) is -8.14. The number of ketones is 3. The van der Waals surface area contributed by atoms with Gasteiger partial charge in [-0.25, -0.2) is 4.79 Å². The zero-order chi connectivity index (χ0) is 49.6. The van der Waals surface area contributed by atoms with Gasteiger partial charge in [-0.1, -0.05) is 71.1 Å². The molecule has 376 valence electrons. The molecule has 1 aliphatic carbocycles. The molecule has 2 bridgehead atoms. The minimum absolute atomic E-state index is 0.0117. The van der Waals surface area contributed by atoms with E-state index in [-0.39, 0.29) is 60.9 Å². The third kappa shape index (κ3) is 14.8. The molecule has 67 heavy (non-hydrogen) atoms. The molecular formula is C52H79NO14. The Morgan fingerprint density at radius 3 is 2.27 bits per heavy atom. The SMILES string of the molecule is CO[C@H]1C[C@@H]2CC[C@@H](C)[C@@](O)(O2)C(=O)C(=O)N2CCCC[C@H]2C(=O)O[C@H]([C@H](C)C[C@@H]2CC[C@@H](OC=O)[C@@H](OC)C2)CC(=O)[C@H](C)/C=C(\C)[C@@H](O)[C@@H](OC)C(=O)[C@H](C)C[C@H](C)/C=C/C=C/C=C/1C. The third-order valence-corrected chi connectivity index (χ3v) is 14.7. The Labute approximate surface area is 398 Å². The molecule has 15 nitrogen and oxygen atoms in total. The van der Waals surface area contributed by atoms with Gasteiger partial charge in [0.2, 0.25) is 5.79 Å². The number of rotatable bonds is 8. The lowest BCUT2D eigenvalue weighted by molar-refractivity contribution is -0.265. The first-order valence-electron chi connectivity index (χ1n) is 24.4. The number of Topliss-reactive ketones (excluding diaryl/α,β-unsaturated/α-hetero) is 3. The second kappa shape index (κ2) is 26.2. The van der Waals surface area contributed by atoms with Gasteiger partial charge in [0.25, 0.3) is 18.2 Å². The number of aliphatic hydroxyl groups excluding tert-OH is 1. The molecule has 0 spiro atoms. The zero-order valence-electron chi connectivity index (χ0n) is 41.6. The molecule has 2 N–H and O–H groups in total. The number of fused-ring (bicyclic) bond motifs is 3. The summed E-state index contributed by atoms with van der Waals surface area (Å²) < 4.78 is 34.8. The number of allylic oxidation sites excluding steroid dienone is 6. The van der Waals surface area contributed by atoms with Gasteiger partial charge in [0.1, 0.15) is 36.2 Å². The lowest BCUT2D eigenvalue weighted by Gasteiger charge is -2.42. The highest BCUT2D eigenvalue weighted by molar-refractivity contribution is 6.39. The van der Waals surface area contributed by atoms with E-state index >= 15 is 0 Å². The molecule has 4 aliphatic rings. The molecule has 3 aliphatic heterocycles. The minimum Gasteiger partial charge on any atom is -0.462 e. The maximum absolute atomic E-state index is 14.4. The summed E-state index contributed by atoms with van der Waals surface area (Å²) in [5, 5.41) is 23.4. The minimum atomic E-state index is -2.44. The van der Waals surface area contributed by atoms with Crippen LogP contribution in [0.15, 0.2) is 47.6 Å². The molecule has 15 atom stereocenters. The normalized spacial score (nSPS) is 39.4. The molecule has 0 aromatic rings. The Hall–Kier alpha value is -3.86. The molecule has 3 heterocycles. The summed E-state index contributed by atoms with van der Waals surface area (Å²) in [6.45, 7) is 13.1. The molecule has 1 amide bonds. The smallest absolute Gasteiger partial charge is 0.329 e. The standard InChI is InChI=1S/C52H79NO14/c1-31-16-12-11-13-17-32(2)43(62-8)28-39-21-19-37(7)52(61,67-39)49(58)50(59)53-23-15-14-18-40(53)51(60)66-44(34(4)26-38-20-22-42(65-30-54)45(27-38)63-9)29-41(55)33(3)25-36(6)47(57)48(64-10)46(56)35(5)24-31/h11-13,16-17,25,30-31,33-35,37-40,42-45,47-48,57,61H,14-15,18-24,26-29H2,1-10H3/b13-11+,16-12+,32-17+,36-25+/t31-,33-,34-,35-,37-,38+,39+,40+,42-,43+,44+,45+,47-,48+,52-/m1/s1. The van der Waals surface area contributed by atoms with E-state index in [4.69, 9.17) is 28.4 Å². The van der Waals surface area contributed by atoms with E-state index in [2.05, 4.69) is 0 Å². The Bertz CT molecular complexity index is 1820. The summed E-state index contributed by atoms with van der Waals surface area (Å²) in [6.07, 6.45) is 11.2. The average Bonchev–Trinajstić information content (AvgIpc) is 3.30. The van der Waals surface area contributed by atoms with Crippen LogP contribution in [-0.4, -0.2) is 133 Å². The van der Waals surface area contributed by atoms with Crippen molar-refractivity contribution in [3.05, 3.63) is 47.6 Å². The number of hydrogen-bond donors (Lipinski definition) is 2. The van der Waals surface area contributed by atoms with E-state index in [1.165, 1.54) is 12.0 Å². The highest BCUT2D eigenvalue weighted by Crippen LogP contribution is 2.38. The fourth-order valence-corrected chi connectivity index (χ4v) is 10.3. The first-order chi connectivity index (χ1) is 31.8. The maximum atomic E-state index is 14.4. The van der Waals surface area contributed by atoms with Crippen LogP contribution in [0.3, 0.4) is 0 Å². The summed E-state index contributed by atoms with van der Waals surface area (Å²) in [4.78, 5) is 83.1. The highest BCUT2D eigenvalue weighted by atomic mass is 16.6. The molecule has 0 unspecified atom stereocenters. The number of methoxy groups -OCH3 is 3. The van der Waals surface area contributed by atoms with E-state index in [0.717, 1.165) is 5.57 Å². The van der Waals surface area contributed by atoms with Crippen LogP contribution >= 0.6 is 0 Å². The Morgan fingerprint density at radius 1 is 0.866 bits per heavy atom. The van der Waals surface area contributed by atoms with Gasteiger partial charge in [-0.3, -0.25) is 24.0 Å². The number of hydrogen-bond acceptors (Lipinski definition) is 14. The van der Waals surface area contributed by atoms with Gasteiger partial charge in [-0.15, -0.1) is 0 Å². The largest absolute Gasteiger partial charge is 0.462 e. The second-order valence-electron chi connectivity index (χ2n) is 19.8. The van der Waals surface area contributed by atoms with E-state index in [0.29, 0.717) is 76.3 Å². The average molecular weight is 942 g/mol. The molecule has 15 heteroatoms. The van der Waals surface area contributed by atoms with Gasteiger partial charge in [-0.2, -0.15) is 0 Å². The van der Waals surface area contributed by atoms with E-state index in [1.54, 1.807) is 41.1 Å². The maximum Gasteiger partial charge on any atom is 0.329 e. The first kappa shape index (κ1) is 55.7. The summed E-state index contributed by atoms with van der Waals surface area (Å²) in [6, 6.07) is -1.16. The van der Waals surface area contributed by atoms with Crippen molar-refractivity contribution >= 4 is 35.7 Å². The zero-order valence-corrected chi connectivity index (χ0v) is 41.6. The molecule has 0 radical (unpaired) electrons. The highest BCUT2D eigenvalue weighted by Gasteiger charge is 2.53. The molecule has 2 saturated heterocycles. The quantitative estimate of drug-likeness (QED) is 0.118. The van der Waals surface area contributed by atoms with Gasteiger partial charge < -0.3 is 43.5 Å². The number of aliphatic hydroxyl groups is 2. The Kier molecular flexibility index (Phi) is 21.8. The predicted octanol–water partition coefficient (Wildman–Crippen LogP) is 6.36. The summed E-state index contributed by atoms with van der Waals surface area (Å²) >= 11 is 0. The Balaban J connectivity index is 1.70. The van der Waals surface area contributed by atoms with Crippen LogP contribution in [0.2, 0.25) is 0 Å². The Morgan fingerprint density at radius 2 is 1.60 bits per heavy atom. The van der Waals surface area contributed by atoms with Crippen LogP contribution in [0, 0.1) is 35.5 Å². The molecule has 3 fully saturated rings. The fraction of sp³-hybridized carbons (Fsp3) is 0.731. The lowest BCUT2D eigenvalue weighted by Crippen LogP contribution is -2.61. The third-order valence-electron chi connectivity index (χ3n) is 14.7. The molecular weight excluding hydrogens is 863 g/mol. The number of carbonyl (C=O) groups is 6. The first-order valence-corrected chi connectivity index (χ1v) is 24.4. The number of amides is 1. The van der Waals surface area contributed by atoms with Gasteiger partial charge >= 0.3 is 5.97 Å². The predicted molar refractivity (Wildman–Crippen MR) is 250 cm³/mol. The summed E-state index contributed by atoms with van der Waals surface area (Å²) in [5.41, 5.74) is 1.25. The van der Waals surface area contributed by atoms with Crippen molar-refractivity contribution in [2.45, 2.75) is 180 Å². The van der Waals surface area contributed by atoms with Crippen LogP contribution in [0.25, 0.3) is 0 Å². The van der Waals surface area contributed by atoms with E-state index in [9.17, 15) is 39.0 Å². The monoisotopic (exact) mass is 942 g/mol.